The summed E-state index contributed by atoms with van der Waals surface area (Å²) in [6.45, 7) is 4.43. The molecule has 9 nitrogen and oxygen atoms in total. The Bertz CT molecular complexity index is 1190. The Kier molecular flexibility index (Phi) is 5.95. The molecule has 1 unspecified atom stereocenters. The zero-order valence-electron chi connectivity index (χ0n) is 18.8. The Balaban J connectivity index is 1.47. The molecule has 2 N–H and O–H groups in total. The van der Waals surface area contributed by atoms with Crippen molar-refractivity contribution in [3.8, 4) is 0 Å². The second-order valence-electron chi connectivity index (χ2n) is 8.38. The van der Waals surface area contributed by atoms with Crippen molar-refractivity contribution in [1.29, 1.82) is 0 Å². The van der Waals surface area contributed by atoms with E-state index in [0.29, 0.717) is 12.2 Å². The normalized spacial score (nSPS) is 17.4. The summed E-state index contributed by atoms with van der Waals surface area (Å²) in [5.41, 5.74) is 2.05. The molecule has 33 heavy (non-hydrogen) atoms. The van der Waals surface area contributed by atoms with Gasteiger partial charge in [-0.05, 0) is 31.5 Å². The number of nitrogens with one attached hydrogen (secondary N) is 2. The lowest BCUT2D eigenvalue weighted by Crippen LogP contribution is -2.62. The molecular weight excluding hydrogens is 420 g/mol. The van der Waals surface area contributed by atoms with Crippen LogP contribution in [0, 0.1) is 6.92 Å². The van der Waals surface area contributed by atoms with E-state index < -0.39 is 11.4 Å². The van der Waals surface area contributed by atoms with Crippen molar-refractivity contribution in [1.82, 2.24) is 30.3 Å². The Morgan fingerprint density at radius 1 is 1.09 bits per heavy atom. The van der Waals surface area contributed by atoms with Crippen LogP contribution in [-0.2, 0) is 24.4 Å². The molecule has 1 aromatic carbocycles. The lowest BCUT2D eigenvalue weighted by molar-refractivity contribution is -0.132. The maximum absolute atomic E-state index is 13.1. The summed E-state index contributed by atoms with van der Waals surface area (Å²) in [6, 6.07) is 14.8. The van der Waals surface area contributed by atoms with E-state index in [0.717, 1.165) is 11.1 Å². The highest BCUT2D eigenvalue weighted by Crippen LogP contribution is 2.26. The number of nitrogens with zero attached hydrogens (tertiary/aromatic N) is 4. The van der Waals surface area contributed by atoms with Gasteiger partial charge in [-0.15, -0.1) is 0 Å². The van der Waals surface area contributed by atoms with Crippen LogP contribution in [0.1, 0.15) is 44.7 Å². The molecule has 170 valence electrons. The average molecular weight is 447 g/mol. The van der Waals surface area contributed by atoms with Crippen LogP contribution in [0.5, 0.6) is 0 Å². The molecule has 0 spiro atoms. The van der Waals surface area contributed by atoms with Crippen LogP contribution in [0.3, 0.4) is 0 Å². The van der Waals surface area contributed by atoms with E-state index in [9.17, 15) is 14.4 Å². The van der Waals surface area contributed by atoms with Gasteiger partial charge in [-0.25, -0.2) is 0 Å². The lowest BCUT2D eigenvalue weighted by Gasteiger charge is -2.40. The SMILES string of the molecule is Cc1ccc(CNC(=O)C2(C)Cn3nc(C(=O)NCc4ccccn4)cc3C(=O)N2C)cc1. The van der Waals surface area contributed by atoms with Crippen LogP contribution in [0.4, 0.5) is 0 Å². The summed E-state index contributed by atoms with van der Waals surface area (Å²) in [5.74, 6) is -1.07. The molecule has 1 aliphatic heterocycles. The van der Waals surface area contributed by atoms with E-state index in [-0.39, 0.29) is 36.3 Å². The molecule has 0 fully saturated rings. The Morgan fingerprint density at radius 3 is 2.55 bits per heavy atom. The molecule has 3 amide bonds. The predicted molar refractivity (Wildman–Crippen MR) is 121 cm³/mol. The number of benzene rings is 1. The molecule has 0 aliphatic carbocycles. The van der Waals surface area contributed by atoms with E-state index in [4.69, 9.17) is 0 Å². The second-order valence-corrected chi connectivity index (χ2v) is 8.38. The number of amides is 3. The van der Waals surface area contributed by atoms with Crippen LogP contribution >= 0.6 is 0 Å². The predicted octanol–water partition coefficient (Wildman–Crippen LogP) is 1.68. The van der Waals surface area contributed by atoms with Gasteiger partial charge in [-0.3, -0.25) is 24.0 Å². The first-order chi connectivity index (χ1) is 15.8. The number of carbonyl (C=O) groups excluding carboxylic acids is 3. The van der Waals surface area contributed by atoms with Gasteiger partial charge in [0.15, 0.2) is 5.69 Å². The highest BCUT2D eigenvalue weighted by molar-refractivity contribution is 6.01. The first-order valence-electron chi connectivity index (χ1n) is 10.7. The number of hydrogen-bond acceptors (Lipinski definition) is 5. The topological polar surface area (TPSA) is 109 Å². The van der Waals surface area contributed by atoms with E-state index in [1.807, 2.05) is 37.3 Å². The van der Waals surface area contributed by atoms with Gasteiger partial charge in [-0.1, -0.05) is 35.9 Å². The second kappa shape index (κ2) is 8.85. The molecule has 0 bridgehead atoms. The summed E-state index contributed by atoms with van der Waals surface area (Å²) < 4.78 is 1.43. The van der Waals surface area contributed by atoms with Crippen molar-refractivity contribution in [2.24, 2.45) is 0 Å². The highest BCUT2D eigenvalue weighted by atomic mass is 16.2. The number of fused-ring (bicyclic) bond motifs is 1. The minimum atomic E-state index is -1.15. The van der Waals surface area contributed by atoms with Gasteiger partial charge in [-0.2, -0.15) is 5.10 Å². The van der Waals surface area contributed by atoms with Crippen molar-refractivity contribution >= 4 is 17.7 Å². The zero-order chi connectivity index (χ0) is 23.6. The molecule has 3 aromatic rings. The third-order valence-corrected chi connectivity index (χ3v) is 5.95. The fourth-order valence-electron chi connectivity index (χ4n) is 3.68. The van der Waals surface area contributed by atoms with Crippen LogP contribution in [0.2, 0.25) is 0 Å². The van der Waals surface area contributed by atoms with Crippen molar-refractivity contribution in [2.75, 3.05) is 7.05 Å². The highest BCUT2D eigenvalue weighted by Gasteiger charge is 2.46. The first-order valence-corrected chi connectivity index (χ1v) is 10.7. The van der Waals surface area contributed by atoms with Gasteiger partial charge >= 0.3 is 0 Å². The maximum atomic E-state index is 13.1. The summed E-state index contributed by atoms with van der Waals surface area (Å²) >= 11 is 0. The molecule has 2 aromatic heterocycles. The van der Waals surface area contributed by atoms with E-state index in [1.54, 1.807) is 32.3 Å². The minimum absolute atomic E-state index is 0.118. The third-order valence-electron chi connectivity index (χ3n) is 5.95. The number of aryl methyl sites for hydroxylation is 1. The number of likely N-dealkylation sites (N-methyl/N-ethyl adjacent to an activating group) is 1. The molecule has 0 saturated carbocycles. The molecule has 1 aliphatic rings. The molecule has 4 rings (SSSR count). The smallest absolute Gasteiger partial charge is 0.272 e. The number of carbonyl (C=O) groups is 3. The number of rotatable bonds is 6. The van der Waals surface area contributed by atoms with Gasteiger partial charge in [0, 0.05) is 25.9 Å². The fraction of sp³-hybridized carbons (Fsp3) is 0.292. The molecule has 0 saturated heterocycles. The van der Waals surface area contributed by atoms with Gasteiger partial charge in [0.05, 0.1) is 18.8 Å². The third kappa shape index (κ3) is 4.48. The van der Waals surface area contributed by atoms with Gasteiger partial charge < -0.3 is 15.5 Å². The van der Waals surface area contributed by atoms with Gasteiger partial charge in [0.1, 0.15) is 11.2 Å². The maximum Gasteiger partial charge on any atom is 0.272 e. The van der Waals surface area contributed by atoms with Crippen molar-refractivity contribution in [2.45, 2.75) is 39.0 Å². The van der Waals surface area contributed by atoms with E-state index in [2.05, 4.69) is 20.7 Å². The van der Waals surface area contributed by atoms with Crippen molar-refractivity contribution in [3.63, 3.8) is 0 Å². The summed E-state index contributed by atoms with van der Waals surface area (Å²) in [7, 11) is 1.59. The molecule has 9 heteroatoms. The van der Waals surface area contributed by atoms with Crippen LogP contribution < -0.4 is 10.6 Å². The Labute approximate surface area is 191 Å². The fourth-order valence-corrected chi connectivity index (χ4v) is 3.68. The van der Waals surface area contributed by atoms with Gasteiger partial charge in [0.2, 0.25) is 5.91 Å². The number of pyridine rings is 1. The van der Waals surface area contributed by atoms with Crippen molar-refractivity contribution in [3.05, 3.63) is 82.9 Å². The standard InChI is InChI=1S/C24H26N6O3/c1-16-7-9-17(10-8-16)13-27-23(33)24(2)15-30-20(22(32)29(24)3)12-19(28-30)21(31)26-14-18-6-4-5-11-25-18/h4-12H,13-15H2,1-3H3,(H,26,31)(H,27,33). The molecular formula is C24H26N6O3. The van der Waals surface area contributed by atoms with Crippen molar-refractivity contribution < 1.29 is 14.4 Å². The van der Waals surface area contributed by atoms with Crippen LogP contribution in [0.15, 0.2) is 54.7 Å². The van der Waals surface area contributed by atoms with E-state index >= 15 is 0 Å². The first kappa shape index (κ1) is 22.2. The number of hydrogen-bond donors (Lipinski definition) is 2. The zero-order valence-corrected chi connectivity index (χ0v) is 18.8. The van der Waals surface area contributed by atoms with Crippen LogP contribution in [-0.4, -0.2) is 50.0 Å². The van der Waals surface area contributed by atoms with E-state index in [1.165, 1.54) is 15.6 Å². The largest absolute Gasteiger partial charge is 0.350 e. The molecule has 3 heterocycles. The monoisotopic (exact) mass is 446 g/mol. The summed E-state index contributed by atoms with van der Waals surface area (Å²) in [4.78, 5) is 44.3. The quantitative estimate of drug-likeness (QED) is 0.599. The van der Waals surface area contributed by atoms with Gasteiger partial charge in [0.25, 0.3) is 11.8 Å². The minimum Gasteiger partial charge on any atom is -0.350 e. The lowest BCUT2D eigenvalue weighted by atomic mass is 9.95. The Hall–Kier alpha value is -4.01. The molecule has 1 atom stereocenters. The van der Waals surface area contributed by atoms with Crippen LogP contribution in [0.25, 0.3) is 0 Å². The number of aromatic nitrogens is 3. The summed E-state index contributed by atoms with van der Waals surface area (Å²) in [5, 5.41) is 9.98. The summed E-state index contributed by atoms with van der Waals surface area (Å²) in [6.07, 6.45) is 1.65. The Morgan fingerprint density at radius 2 is 1.85 bits per heavy atom. The average Bonchev–Trinajstić information content (AvgIpc) is 3.25. The molecule has 0 radical (unpaired) electrons.